The molecule has 6 heteroatoms. The van der Waals surface area contributed by atoms with Crippen molar-refractivity contribution in [1.82, 2.24) is 9.97 Å². The van der Waals surface area contributed by atoms with Crippen molar-refractivity contribution < 1.29 is 9.31 Å². The minimum Gasteiger partial charge on any atom is -0.338 e. The second-order valence-corrected chi connectivity index (χ2v) is 4.02. The Morgan fingerprint density at radius 3 is 2.74 bits per heavy atom. The number of rotatable bonds is 2. The van der Waals surface area contributed by atoms with E-state index in [2.05, 4.69) is 9.97 Å². The molecule has 0 aliphatic rings. The number of aromatic amines is 1. The molecular formula is C13H8FN3O2. The van der Waals surface area contributed by atoms with Crippen LogP contribution in [0.15, 0.2) is 42.5 Å². The van der Waals surface area contributed by atoms with Gasteiger partial charge in [-0.15, -0.1) is 0 Å². The van der Waals surface area contributed by atoms with Crippen LogP contribution in [-0.2, 0) is 0 Å². The summed E-state index contributed by atoms with van der Waals surface area (Å²) < 4.78 is 13.3. The van der Waals surface area contributed by atoms with Gasteiger partial charge in [0.1, 0.15) is 11.6 Å². The molecule has 1 N–H and O–H groups in total. The van der Waals surface area contributed by atoms with Crippen molar-refractivity contribution in [3.8, 4) is 11.4 Å². The molecule has 0 atom stereocenters. The van der Waals surface area contributed by atoms with Crippen LogP contribution in [0.3, 0.4) is 0 Å². The second kappa shape index (κ2) is 4.16. The van der Waals surface area contributed by atoms with E-state index in [0.29, 0.717) is 5.52 Å². The lowest BCUT2D eigenvalue weighted by molar-refractivity contribution is -0.384. The Morgan fingerprint density at radius 1 is 1.21 bits per heavy atom. The lowest BCUT2D eigenvalue weighted by Gasteiger charge is -1.99. The smallest absolute Gasteiger partial charge is 0.280 e. The van der Waals surface area contributed by atoms with Crippen LogP contribution in [0.1, 0.15) is 0 Å². The number of nitro groups is 1. The molecule has 19 heavy (non-hydrogen) atoms. The zero-order valence-electron chi connectivity index (χ0n) is 9.63. The standard InChI is InChI=1S/C13H8FN3O2/c14-8-5-6-12(17(18)19)9(7-8)13-15-10-3-1-2-4-11(10)16-13/h1-7H,(H,15,16). The minimum atomic E-state index is -0.554. The van der Waals surface area contributed by atoms with Gasteiger partial charge in [-0.1, -0.05) is 12.1 Å². The van der Waals surface area contributed by atoms with Gasteiger partial charge in [0.25, 0.3) is 5.69 Å². The summed E-state index contributed by atoms with van der Waals surface area (Å²) in [5, 5.41) is 11.0. The third-order valence-corrected chi connectivity index (χ3v) is 2.80. The molecule has 0 amide bonds. The summed E-state index contributed by atoms with van der Waals surface area (Å²) in [5.74, 6) is -0.256. The van der Waals surface area contributed by atoms with Crippen molar-refractivity contribution in [1.29, 1.82) is 0 Å². The van der Waals surface area contributed by atoms with E-state index in [1.807, 2.05) is 12.1 Å². The predicted molar refractivity (Wildman–Crippen MR) is 68.1 cm³/mol. The van der Waals surface area contributed by atoms with Crippen molar-refractivity contribution >= 4 is 16.7 Å². The summed E-state index contributed by atoms with van der Waals surface area (Å²) in [6, 6.07) is 10.5. The van der Waals surface area contributed by atoms with Gasteiger partial charge in [0, 0.05) is 6.07 Å². The number of H-pyrrole nitrogens is 1. The molecule has 0 aliphatic heterocycles. The number of fused-ring (bicyclic) bond motifs is 1. The number of hydrogen-bond acceptors (Lipinski definition) is 3. The average molecular weight is 257 g/mol. The van der Waals surface area contributed by atoms with Crippen LogP contribution in [0.5, 0.6) is 0 Å². The monoisotopic (exact) mass is 257 g/mol. The van der Waals surface area contributed by atoms with Crippen LogP contribution >= 0.6 is 0 Å². The van der Waals surface area contributed by atoms with Crippen molar-refractivity contribution in [2.75, 3.05) is 0 Å². The highest BCUT2D eigenvalue weighted by Crippen LogP contribution is 2.29. The highest BCUT2D eigenvalue weighted by atomic mass is 19.1. The first-order chi connectivity index (χ1) is 9.15. The molecule has 0 saturated carbocycles. The molecule has 0 fully saturated rings. The number of nitro benzene ring substituents is 1. The van der Waals surface area contributed by atoms with Crippen LogP contribution < -0.4 is 0 Å². The number of imidazole rings is 1. The normalized spacial score (nSPS) is 10.8. The van der Waals surface area contributed by atoms with Crippen LogP contribution in [0.2, 0.25) is 0 Å². The van der Waals surface area contributed by atoms with Crippen LogP contribution in [0.4, 0.5) is 10.1 Å². The number of nitrogens with one attached hydrogen (secondary N) is 1. The fourth-order valence-electron chi connectivity index (χ4n) is 1.94. The van der Waals surface area contributed by atoms with Crippen molar-refractivity contribution in [2.45, 2.75) is 0 Å². The summed E-state index contributed by atoms with van der Waals surface area (Å²) >= 11 is 0. The molecule has 0 aliphatic carbocycles. The quantitative estimate of drug-likeness (QED) is 0.565. The number of para-hydroxylation sites is 2. The molecule has 2 aromatic carbocycles. The third-order valence-electron chi connectivity index (χ3n) is 2.80. The van der Waals surface area contributed by atoms with E-state index in [-0.39, 0.29) is 17.1 Å². The summed E-state index contributed by atoms with van der Waals surface area (Å²) in [6.45, 7) is 0. The topological polar surface area (TPSA) is 71.8 Å². The summed E-state index contributed by atoms with van der Waals surface area (Å²) in [7, 11) is 0. The van der Waals surface area contributed by atoms with E-state index in [4.69, 9.17) is 0 Å². The molecule has 5 nitrogen and oxygen atoms in total. The number of aromatic nitrogens is 2. The summed E-state index contributed by atoms with van der Waals surface area (Å²) in [5.41, 5.74) is 1.38. The summed E-state index contributed by atoms with van der Waals surface area (Å²) in [6.07, 6.45) is 0. The van der Waals surface area contributed by atoms with Crippen LogP contribution in [-0.4, -0.2) is 14.9 Å². The largest absolute Gasteiger partial charge is 0.338 e. The Hall–Kier alpha value is -2.76. The van der Waals surface area contributed by atoms with E-state index in [9.17, 15) is 14.5 Å². The maximum Gasteiger partial charge on any atom is 0.280 e. The number of hydrogen-bond donors (Lipinski definition) is 1. The van der Waals surface area contributed by atoms with Gasteiger partial charge >= 0.3 is 0 Å². The number of benzene rings is 2. The van der Waals surface area contributed by atoms with E-state index in [0.717, 1.165) is 23.7 Å². The third kappa shape index (κ3) is 1.93. The van der Waals surface area contributed by atoms with Crippen LogP contribution in [0.25, 0.3) is 22.4 Å². The number of halogens is 1. The Labute approximate surface area is 106 Å². The second-order valence-electron chi connectivity index (χ2n) is 4.02. The van der Waals surface area contributed by atoms with Gasteiger partial charge < -0.3 is 4.98 Å². The van der Waals surface area contributed by atoms with Gasteiger partial charge in [-0.25, -0.2) is 9.37 Å². The van der Waals surface area contributed by atoms with E-state index < -0.39 is 10.7 Å². The molecular weight excluding hydrogens is 249 g/mol. The SMILES string of the molecule is O=[N+]([O-])c1ccc(F)cc1-c1nc2ccccc2[nH]1. The first-order valence-electron chi connectivity index (χ1n) is 5.54. The summed E-state index contributed by atoms with van der Waals surface area (Å²) in [4.78, 5) is 17.6. The van der Waals surface area contributed by atoms with Crippen molar-refractivity contribution in [3.63, 3.8) is 0 Å². The molecule has 0 unspecified atom stereocenters. The molecule has 0 radical (unpaired) electrons. The Bertz CT molecular complexity index is 749. The Kier molecular flexibility index (Phi) is 2.49. The van der Waals surface area contributed by atoms with Gasteiger partial charge in [0.2, 0.25) is 0 Å². The van der Waals surface area contributed by atoms with Gasteiger partial charge in [0.05, 0.1) is 21.5 Å². The molecule has 1 aromatic heterocycles. The van der Waals surface area contributed by atoms with Crippen molar-refractivity contribution in [3.05, 3.63) is 58.4 Å². The molecule has 0 bridgehead atoms. The minimum absolute atomic E-state index is 0.140. The van der Waals surface area contributed by atoms with Gasteiger partial charge in [0.15, 0.2) is 0 Å². The molecule has 3 rings (SSSR count). The molecule has 1 heterocycles. The molecule has 0 spiro atoms. The van der Waals surface area contributed by atoms with E-state index in [1.54, 1.807) is 12.1 Å². The maximum atomic E-state index is 13.3. The predicted octanol–water partition coefficient (Wildman–Crippen LogP) is 3.28. The Balaban J connectivity index is 2.25. The van der Waals surface area contributed by atoms with E-state index in [1.165, 1.54) is 0 Å². The van der Waals surface area contributed by atoms with Gasteiger partial charge in [-0.2, -0.15) is 0 Å². The van der Waals surface area contributed by atoms with Gasteiger partial charge in [-0.05, 0) is 24.3 Å². The fraction of sp³-hybridized carbons (Fsp3) is 0. The zero-order valence-corrected chi connectivity index (χ0v) is 9.63. The fourth-order valence-corrected chi connectivity index (χ4v) is 1.94. The zero-order chi connectivity index (χ0) is 13.4. The lowest BCUT2D eigenvalue weighted by Crippen LogP contribution is -1.94. The maximum absolute atomic E-state index is 13.3. The van der Waals surface area contributed by atoms with Crippen molar-refractivity contribution in [2.24, 2.45) is 0 Å². The molecule has 3 aromatic rings. The van der Waals surface area contributed by atoms with E-state index >= 15 is 0 Å². The number of nitrogens with zero attached hydrogens (tertiary/aromatic N) is 2. The van der Waals surface area contributed by atoms with Crippen LogP contribution in [0, 0.1) is 15.9 Å². The highest BCUT2D eigenvalue weighted by Gasteiger charge is 2.18. The van der Waals surface area contributed by atoms with Gasteiger partial charge in [-0.3, -0.25) is 10.1 Å². The molecule has 94 valence electrons. The molecule has 0 saturated heterocycles. The lowest BCUT2D eigenvalue weighted by atomic mass is 10.1. The Morgan fingerprint density at radius 2 is 2.00 bits per heavy atom. The highest BCUT2D eigenvalue weighted by molar-refractivity contribution is 5.81. The first-order valence-corrected chi connectivity index (χ1v) is 5.54. The average Bonchev–Trinajstić information content (AvgIpc) is 2.81. The first kappa shape index (κ1) is 11.3.